The van der Waals surface area contributed by atoms with Crippen molar-refractivity contribution in [2.45, 2.75) is 6.92 Å². The molecule has 1 aromatic heterocycles. The second-order valence-corrected chi connectivity index (χ2v) is 9.34. The molecule has 0 atom stereocenters. The largest absolute Gasteiger partial charge is 0.497 e. The lowest BCUT2D eigenvalue weighted by Crippen LogP contribution is -2.49. The molecule has 1 fully saturated rings. The first-order valence-electron chi connectivity index (χ1n) is 12.7. The number of aromatic nitrogens is 2. The monoisotopic (exact) mass is 582 g/mol. The highest BCUT2D eigenvalue weighted by atomic mass is 35.5. The molecule has 4 rings (SSSR count). The lowest BCUT2D eigenvalue weighted by molar-refractivity contribution is -0.134. The fourth-order valence-electron chi connectivity index (χ4n) is 3.85. The molecule has 216 valence electrons. The Kier molecular flexibility index (Phi) is 11.6. The van der Waals surface area contributed by atoms with Crippen LogP contribution in [0, 0.1) is 6.92 Å². The van der Waals surface area contributed by atoms with Gasteiger partial charge >= 0.3 is 11.9 Å². The van der Waals surface area contributed by atoms with Gasteiger partial charge in [-0.1, -0.05) is 11.6 Å². The standard InChI is InChI=1S/C25H27ClN4O3.C4H4O4/c1-18-17-23(28-24(27-18)19-5-9-22(32-2)10-6-19)33-16-15-29-11-13-30(14-12-29)25(31)20-3-7-21(26)8-4-20;5-3(6)1-2-4(7)8/h3-10,17H,11-16H2,1-2H3;1-2H,(H,5,6)(H,7,8). The van der Waals surface area contributed by atoms with Gasteiger partial charge in [0.2, 0.25) is 5.88 Å². The average Bonchev–Trinajstić information content (AvgIpc) is 2.96. The summed E-state index contributed by atoms with van der Waals surface area (Å²) < 4.78 is 11.2. The van der Waals surface area contributed by atoms with Crippen molar-refractivity contribution in [3.8, 4) is 23.0 Å². The third kappa shape index (κ3) is 10.2. The number of carboxylic acids is 2. The highest BCUT2D eigenvalue weighted by molar-refractivity contribution is 6.30. The van der Waals surface area contributed by atoms with Crippen LogP contribution in [0.15, 0.2) is 66.7 Å². The molecule has 1 amide bonds. The fourth-order valence-corrected chi connectivity index (χ4v) is 3.98. The quantitative estimate of drug-likeness (QED) is 0.359. The zero-order valence-corrected chi connectivity index (χ0v) is 23.5. The van der Waals surface area contributed by atoms with Crippen molar-refractivity contribution in [1.82, 2.24) is 19.8 Å². The Morgan fingerprint density at radius 2 is 1.54 bits per heavy atom. The highest BCUT2D eigenvalue weighted by Gasteiger charge is 2.22. The zero-order chi connectivity index (χ0) is 29.8. The molecule has 0 spiro atoms. The number of ether oxygens (including phenoxy) is 2. The van der Waals surface area contributed by atoms with E-state index in [1.165, 1.54) is 0 Å². The van der Waals surface area contributed by atoms with Gasteiger partial charge in [0.15, 0.2) is 5.82 Å². The minimum absolute atomic E-state index is 0.0464. The third-order valence-electron chi connectivity index (χ3n) is 5.96. The molecule has 1 aliphatic rings. The van der Waals surface area contributed by atoms with Crippen LogP contribution in [0.5, 0.6) is 11.6 Å². The highest BCUT2D eigenvalue weighted by Crippen LogP contribution is 2.22. The van der Waals surface area contributed by atoms with E-state index < -0.39 is 11.9 Å². The third-order valence-corrected chi connectivity index (χ3v) is 6.21. The molecule has 12 heteroatoms. The van der Waals surface area contributed by atoms with Crippen LogP contribution in [0.4, 0.5) is 0 Å². The molecule has 3 aromatic rings. The maximum Gasteiger partial charge on any atom is 0.328 e. The summed E-state index contributed by atoms with van der Waals surface area (Å²) in [7, 11) is 1.64. The van der Waals surface area contributed by atoms with Crippen LogP contribution in [-0.4, -0.2) is 94.3 Å². The first kappa shape index (κ1) is 31.1. The summed E-state index contributed by atoms with van der Waals surface area (Å²) in [6.45, 7) is 6.21. The molecule has 0 bridgehead atoms. The predicted octanol–water partition coefficient (Wildman–Crippen LogP) is 3.66. The van der Waals surface area contributed by atoms with Crippen molar-refractivity contribution in [3.63, 3.8) is 0 Å². The molecular weight excluding hydrogens is 552 g/mol. The van der Waals surface area contributed by atoms with Gasteiger partial charge in [0.05, 0.1) is 7.11 Å². The van der Waals surface area contributed by atoms with Crippen LogP contribution in [0.3, 0.4) is 0 Å². The number of benzene rings is 2. The first-order chi connectivity index (χ1) is 19.6. The van der Waals surface area contributed by atoms with E-state index in [1.807, 2.05) is 42.2 Å². The average molecular weight is 583 g/mol. The minimum Gasteiger partial charge on any atom is -0.497 e. The maximum atomic E-state index is 12.7. The number of methoxy groups -OCH3 is 1. The molecular formula is C29H31ClN4O7. The smallest absolute Gasteiger partial charge is 0.328 e. The normalized spacial score (nSPS) is 13.3. The number of halogens is 1. The molecule has 2 N–H and O–H groups in total. The van der Waals surface area contributed by atoms with E-state index in [4.69, 9.17) is 31.3 Å². The van der Waals surface area contributed by atoms with Gasteiger partial charge < -0.3 is 24.6 Å². The second kappa shape index (κ2) is 15.3. The number of hydrogen-bond donors (Lipinski definition) is 2. The summed E-state index contributed by atoms with van der Waals surface area (Å²) in [6, 6.07) is 16.5. The maximum absolute atomic E-state index is 12.7. The van der Waals surface area contributed by atoms with Crippen LogP contribution in [0.1, 0.15) is 16.1 Å². The van der Waals surface area contributed by atoms with Crippen molar-refractivity contribution in [2.24, 2.45) is 0 Å². The van der Waals surface area contributed by atoms with Gasteiger partial charge in [-0.05, 0) is 55.5 Å². The summed E-state index contributed by atoms with van der Waals surface area (Å²) in [4.78, 5) is 45.0. The molecule has 11 nitrogen and oxygen atoms in total. The van der Waals surface area contributed by atoms with Crippen LogP contribution >= 0.6 is 11.6 Å². The number of aliphatic carboxylic acids is 2. The van der Waals surface area contributed by atoms with Gasteiger partial charge in [0.1, 0.15) is 12.4 Å². The topological polar surface area (TPSA) is 142 Å². The summed E-state index contributed by atoms with van der Waals surface area (Å²) >= 11 is 5.92. The number of carbonyl (C=O) groups is 3. The predicted molar refractivity (Wildman–Crippen MR) is 152 cm³/mol. The molecule has 0 saturated carbocycles. The number of nitrogens with zero attached hydrogens (tertiary/aromatic N) is 4. The van der Waals surface area contributed by atoms with Crippen molar-refractivity contribution < 1.29 is 34.1 Å². The van der Waals surface area contributed by atoms with E-state index in [0.717, 1.165) is 36.6 Å². The van der Waals surface area contributed by atoms with E-state index in [0.29, 0.717) is 54.1 Å². The first-order valence-corrected chi connectivity index (χ1v) is 13.1. The van der Waals surface area contributed by atoms with Crippen LogP contribution in [0.2, 0.25) is 5.02 Å². The van der Waals surface area contributed by atoms with Gasteiger partial charge in [-0.25, -0.2) is 14.6 Å². The molecule has 41 heavy (non-hydrogen) atoms. The fraction of sp³-hybridized carbons (Fsp3) is 0.276. The van der Waals surface area contributed by atoms with Gasteiger partial charge in [-0.2, -0.15) is 4.98 Å². The van der Waals surface area contributed by atoms with Crippen LogP contribution in [-0.2, 0) is 9.59 Å². The molecule has 0 radical (unpaired) electrons. The van der Waals surface area contributed by atoms with Crippen molar-refractivity contribution >= 4 is 29.4 Å². The number of piperazine rings is 1. The van der Waals surface area contributed by atoms with E-state index in [1.54, 1.807) is 31.4 Å². The second-order valence-electron chi connectivity index (χ2n) is 8.90. The number of rotatable bonds is 9. The van der Waals surface area contributed by atoms with Gasteiger partial charge in [0.25, 0.3) is 5.91 Å². The van der Waals surface area contributed by atoms with Gasteiger partial charge in [-0.3, -0.25) is 9.69 Å². The SMILES string of the molecule is COc1ccc(-c2nc(C)cc(OCCN3CCN(C(=O)c4ccc(Cl)cc4)CC3)n2)cc1.O=C(O)C=CC(=O)O. The summed E-state index contributed by atoms with van der Waals surface area (Å²) in [6.07, 6.45) is 1.12. The molecule has 0 aliphatic carbocycles. The lowest BCUT2D eigenvalue weighted by atomic mass is 10.2. The van der Waals surface area contributed by atoms with Crippen molar-refractivity contribution in [3.05, 3.63) is 83.0 Å². The molecule has 0 unspecified atom stereocenters. The number of amides is 1. The number of hydrogen-bond acceptors (Lipinski definition) is 8. The molecule has 2 heterocycles. The number of aryl methyl sites for hydroxylation is 1. The Morgan fingerprint density at radius 1 is 0.927 bits per heavy atom. The lowest BCUT2D eigenvalue weighted by Gasteiger charge is -2.34. The van der Waals surface area contributed by atoms with Gasteiger partial charge in [-0.15, -0.1) is 0 Å². The molecule has 1 saturated heterocycles. The summed E-state index contributed by atoms with van der Waals surface area (Å²) in [5.74, 6) is -0.491. The van der Waals surface area contributed by atoms with E-state index in [2.05, 4.69) is 14.9 Å². The number of carbonyl (C=O) groups excluding carboxylic acids is 1. The zero-order valence-electron chi connectivity index (χ0n) is 22.7. The van der Waals surface area contributed by atoms with Crippen molar-refractivity contribution in [1.29, 1.82) is 0 Å². The van der Waals surface area contributed by atoms with Crippen molar-refractivity contribution in [2.75, 3.05) is 46.4 Å². The van der Waals surface area contributed by atoms with Gasteiger partial charge in [0, 0.05) is 72.8 Å². The van der Waals surface area contributed by atoms with Crippen LogP contribution in [0.25, 0.3) is 11.4 Å². The van der Waals surface area contributed by atoms with Crippen LogP contribution < -0.4 is 9.47 Å². The summed E-state index contributed by atoms with van der Waals surface area (Å²) in [5, 5.41) is 16.3. The Hall–Kier alpha value is -4.48. The Labute approximate surface area is 242 Å². The molecule has 2 aromatic carbocycles. The molecule has 1 aliphatic heterocycles. The van der Waals surface area contributed by atoms with E-state index in [9.17, 15) is 14.4 Å². The Balaban J connectivity index is 0.000000507. The van der Waals surface area contributed by atoms with E-state index >= 15 is 0 Å². The number of carboxylic acid groups (broad SMARTS) is 2. The Bertz CT molecular complexity index is 1340. The van der Waals surface area contributed by atoms with E-state index in [-0.39, 0.29) is 5.91 Å². The Morgan fingerprint density at radius 3 is 2.10 bits per heavy atom. The minimum atomic E-state index is -1.26. The summed E-state index contributed by atoms with van der Waals surface area (Å²) in [5.41, 5.74) is 2.42.